The van der Waals surface area contributed by atoms with Crippen molar-refractivity contribution < 1.29 is 19.5 Å². The number of hydrogen-bond donors (Lipinski definition) is 4. The third kappa shape index (κ3) is 3.84. The summed E-state index contributed by atoms with van der Waals surface area (Å²) in [7, 11) is 0. The first kappa shape index (κ1) is 17.5. The Hall–Kier alpha value is -3.32. The minimum absolute atomic E-state index is 0.191. The number of carbonyl (C=O) groups is 3. The topological polar surface area (TPSA) is 108 Å². The summed E-state index contributed by atoms with van der Waals surface area (Å²) in [5.41, 5.74) is 1.55. The van der Waals surface area contributed by atoms with Gasteiger partial charge in [-0.2, -0.15) is 0 Å². The summed E-state index contributed by atoms with van der Waals surface area (Å²) in [6.45, 7) is 0. The van der Waals surface area contributed by atoms with Crippen molar-refractivity contribution in [3.8, 4) is 0 Å². The predicted molar refractivity (Wildman–Crippen MR) is 97.7 cm³/mol. The van der Waals surface area contributed by atoms with Crippen LogP contribution >= 0.6 is 11.6 Å². The van der Waals surface area contributed by atoms with Crippen molar-refractivity contribution in [2.24, 2.45) is 0 Å². The zero-order valence-corrected chi connectivity index (χ0v) is 14.1. The van der Waals surface area contributed by atoms with Gasteiger partial charge in [0.05, 0.1) is 11.4 Å². The molecule has 8 heteroatoms. The highest BCUT2D eigenvalue weighted by molar-refractivity contribution is 6.31. The van der Waals surface area contributed by atoms with Gasteiger partial charge in [-0.05, 0) is 30.3 Å². The molecule has 1 aliphatic heterocycles. The van der Waals surface area contributed by atoms with Crippen LogP contribution in [-0.4, -0.2) is 28.9 Å². The van der Waals surface area contributed by atoms with Crippen LogP contribution in [0, 0.1) is 0 Å². The second-order valence-electron chi connectivity index (χ2n) is 5.51. The fraction of sp³-hybridized carbons (Fsp3) is 0.0556. The Bertz CT molecular complexity index is 912. The van der Waals surface area contributed by atoms with Crippen LogP contribution in [0.2, 0.25) is 5.02 Å². The second-order valence-corrected chi connectivity index (χ2v) is 5.94. The third-order valence-corrected chi connectivity index (χ3v) is 3.89. The normalized spacial score (nSPS) is 17.5. The van der Waals surface area contributed by atoms with Gasteiger partial charge >= 0.3 is 5.97 Å². The van der Waals surface area contributed by atoms with Crippen molar-refractivity contribution in [2.45, 2.75) is 6.04 Å². The van der Waals surface area contributed by atoms with Crippen molar-refractivity contribution in [1.82, 2.24) is 5.32 Å². The Morgan fingerprint density at radius 3 is 2.58 bits per heavy atom. The van der Waals surface area contributed by atoms with Crippen molar-refractivity contribution in [1.29, 1.82) is 0 Å². The van der Waals surface area contributed by atoms with E-state index in [1.54, 1.807) is 36.4 Å². The number of halogens is 1. The summed E-state index contributed by atoms with van der Waals surface area (Å²) in [6, 6.07) is 11.9. The van der Waals surface area contributed by atoms with Crippen LogP contribution in [-0.2, 0) is 14.4 Å². The number of carboxylic acids is 1. The van der Waals surface area contributed by atoms with Gasteiger partial charge in [0.15, 0.2) is 0 Å². The molecule has 0 radical (unpaired) electrons. The number of rotatable bonds is 3. The van der Waals surface area contributed by atoms with E-state index in [4.69, 9.17) is 11.6 Å². The molecule has 7 nitrogen and oxygen atoms in total. The average molecular weight is 372 g/mol. The van der Waals surface area contributed by atoms with Crippen molar-refractivity contribution in [3.05, 3.63) is 65.2 Å². The summed E-state index contributed by atoms with van der Waals surface area (Å²) >= 11 is 5.95. The highest BCUT2D eigenvalue weighted by Crippen LogP contribution is 2.29. The molecule has 1 atom stereocenters. The van der Waals surface area contributed by atoms with E-state index in [0.717, 1.165) is 0 Å². The molecule has 132 valence electrons. The van der Waals surface area contributed by atoms with Crippen LogP contribution in [0.5, 0.6) is 0 Å². The van der Waals surface area contributed by atoms with E-state index in [1.807, 2.05) is 6.07 Å². The summed E-state index contributed by atoms with van der Waals surface area (Å²) in [5.74, 6) is -2.60. The number of para-hydroxylation sites is 1. The number of benzene rings is 2. The smallest absolute Gasteiger partial charge is 0.336 e. The van der Waals surface area contributed by atoms with E-state index in [1.165, 1.54) is 12.1 Å². The summed E-state index contributed by atoms with van der Waals surface area (Å²) in [6.07, 6.45) is 1.20. The maximum Gasteiger partial charge on any atom is 0.336 e. The summed E-state index contributed by atoms with van der Waals surface area (Å²) in [5, 5.41) is 17.4. The van der Waals surface area contributed by atoms with Crippen molar-refractivity contribution in [2.75, 3.05) is 10.6 Å². The average Bonchev–Trinajstić information content (AvgIpc) is 2.72. The van der Waals surface area contributed by atoms with E-state index >= 15 is 0 Å². The zero-order valence-electron chi connectivity index (χ0n) is 13.3. The van der Waals surface area contributed by atoms with Crippen LogP contribution in [0.4, 0.5) is 11.4 Å². The largest absolute Gasteiger partial charge is 0.479 e. The van der Waals surface area contributed by atoms with Gasteiger partial charge in [-0.3, -0.25) is 9.59 Å². The maximum atomic E-state index is 12.3. The number of hydrogen-bond acceptors (Lipinski definition) is 4. The molecule has 26 heavy (non-hydrogen) atoms. The molecule has 1 aliphatic rings. The minimum atomic E-state index is -1.54. The second kappa shape index (κ2) is 7.28. The van der Waals surface area contributed by atoms with E-state index in [0.29, 0.717) is 22.0 Å². The zero-order chi connectivity index (χ0) is 18.7. The molecule has 0 bridgehead atoms. The monoisotopic (exact) mass is 371 g/mol. The van der Waals surface area contributed by atoms with E-state index in [2.05, 4.69) is 16.0 Å². The molecule has 0 aromatic heterocycles. The van der Waals surface area contributed by atoms with Crippen molar-refractivity contribution >= 4 is 46.5 Å². The quantitative estimate of drug-likeness (QED) is 0.489. The minimum Gasteiger partial charge on any atom is -0.479 e. The van der Waals surface area contributed by atoms with Gasteiger partial charge in [-0.1, -0.05) is 29.8 Å². The van der Waals surface area contributed by atoms with Gasteiger partial charge in [0, 0.05) is 22.3 Å². The number of carboxylic acid groups (broad SMARTS) is 1. The van der Waals surface area contributed by atoms with Gasteiger partial charge in [0.25, 0.3) is 5.91 Å². The highest BCUT2D eigenvalue weighted by Gasteiger charge is 2.31. The molecule has 4 N–H and O–H groups in total. The standard InChI is InChI=1S/C18H14ClN3O4/c19-10-6-7-12-13(8-10)22-17(24)16(18(25)26)21-14(12)9-15(23)20-11-4-2-1-3-5-11/h1-9,16,21H,(H,20,23)(H,22,24)(H,25,26). The Balaban J connectivity index is 1.98. The molecular formula is C18H14ClN3O4. The molecule has 2 aromatic rings. The maximum absolute atomic E-state index is 12.3. The van der Waals surface area contributed by atoms with Crippen LogP contribution in [0.1, 0.15) is 5.56 Å². The Morgan fingerprint density at radius 1 is 1.15 bits per heavy atom. The number of nitrogens with one attached hydrogen (secondary N) is 3. The number of amides is 2. The van der Waals surface area contributed by atoms with Crippen LogP contribution in [0.3, 0.4) is 0 Å². The number of aliphatic carboxylic acids is 1. The van der Waals surface area contributed by atoms with Crippen molar-refractivity contribution in [3.63, 3.8) is 0 Å². The molecular weight excluding hydrogens is 358 g/mol. The van der Waals surface area contributed by atoms with Crippen LogP contribution in [0.15, 0.2) is 54.6 Å². The predicted octanol–water partition coefficient (Wildman–Crippen LogP) is 2.31. The van der Waals surface area contributed by atoms with Gasteiger partial charge in [-0.15, -0.1) is 0 Å². The van der Waals surface area contributed by atoms with E-state index in [-0.39, 0.29) is 5.70 Å². The van der Waals surface area contributed by atoms with Gasteiger partial charge in [0.2, 0.25) is 11.9 Å². The SMILES string of the molecule is O=C(C=C1NC(C(=O)O)C(=O)Nc2cc(Cl)ccc21)Nc1ccccc1. The molecule has 2 aromatic carbocycles. The molecule has 1 heterocycles. The first-order valence-corrected chi connectivity index (χ1v) is 8.00. The summed E-state index contributed by atoms with van der Waals surface area (Å²) in [4.78, 5) is 35.8. The molecule has 1 unspecified atom stereocenters. The first-order valence-electron chi connectivity index (χ1n) is 7.62. The Labute approximate surface area is 153 Å². The molecule has 0 aliphatic carbocycles. The molecule has 0 spiro atoms. The summed E-state index contributed by atoms with van der Waals surface area (Å²) < 4.78 is 0. The van der Waals surface area contributed by atoms with E-state index < -0.39 is 23.8 Å². The Kier molecular flexibility index (Phi) is 4.90. The van der Waals surface area contributed by atoms with Gasteiger partial charge in [-0.25, -0.2) is 4.79 Å². The first-order chi connectivity index (χ1) is 12.4. The van der Waals surface area contributed by atoms with Crippen LogP contribution in [0.25, 0.3) is 5.70 Å². The van der Waals surface area contributed by atoms with Gasteiger partial charge in [0.1, 0.15) is 0 Å². The number of fused-ring (bicyclic) bond motifs is 1. The van der Waals surface area contributed by atoms with E-state index in [9.17, 15) is 19.5 Å². The third-order valence-electron chi connectivity index (χ3n) is 3.66. The highest BCUT2D eigenvalue weighted by atomic mass is 35.5. The lowest BCUT2D eigenvalue weighted by Crippen LogP contribution is -2.44. The Morgan fingerprint density at radius 2 is 1.88 bits per heavy atom. The molecule has 2 amide bonds. The lowest BCUT2D eigenvalue weighted by Gasteiger charge is -2.13. The lowest BCUT2D eigenvalue weighted by molar-refractivity contribution is -0.142. The van der Waals surface area contributed by atoms with Gasteiger partial charge < -0.3 is 21.1 Å². The number of carbonyl (C=O) groups excluding carboxylic acids is 2. The number of anilines is 2. The molecule has 0 fully saturated rings. The fourth-order valence-electron chi connectivity index (χ4n) is 2.48. The molecule has 3 rings (SSSR count). The van der Waals surface area contributed by atoms with Crippen LogP contribution < -0.4 is 16.0 Å². The molecule has 0 saturated carbocycles. The molecule has 0 saturated heterocycles. The fourth-order valence-corrected chi connectivity index (χ4v) is 2.65. The lowest BCUT2D eigenvalue weighted by atomic mass is 10.1.